The first-order valence-corrected chi connectivity index (χ1v) is 7.89. The van der Waals surface area contributed by atoms with E-state index in [9.17, 15) is 4.79 Å². The van der Waals surface area contributed by atoms with Crippen LogP contribution < -0.4 is 5.32 Å². The summed E-state index contributed by atoms with van der Waals surface area (Å²) in [4.78, 5) is 14.3. The number of hydrogen-bond donors (Lipinski definition) is 1. The maximum absolute atomic E-state index is 12.4. The Morgan fingerprint density at radius 3 is 2.85 bits per heavy atom. The third-order valence-electron chi connectivity index (χ3n) is 4.53. The molecule has 0 spiro atoms. The number of hydrogen-bond acceptors (Lipinski definition) is 3. The number of nitrogens with one attached hydrogen (secondary N) is 1. The Morgan fingerprint density at radius 2 is 2.25 bits per heavy atom. The molecule has 0 aromatic carbocycles. The minimum atomic E-state index is -0.207. The summed E-state index contributed by atoms with van der Waals surface area (Å²) in [5.74, 6) is 0. The summed E-state index contributed by atoms with van der Waals surface area (Å²) >= 11 is 0. The van der Waals surface area contributed by atoms with E-state index >= 15 is 0 Å². The largest absolute Gasteiger partial charge is 0.376 e. The van der Waals surface area contributed by atoms with Gasteiger partial charge in [0.2, 0.25) is 0 Å². The fraction of sp³-hybridized carbons (Fsp3) is 0.933. The van der Waals surface area contributed by atoms with E-state index in [2.05, 4.69) is 26.1 Å². The van der Waals surface area contributed by atoms with E-state index in [1.165, 1.54) is 0 Å². The highest BCUT2D eigenvalue weighted by molar-refractivity contribution is 5.74. The van der Waals surface area contributed by atoms with Crippen LogP contribution >= 0.6 is 0 Å². The Bertz CT molecular complexity index is 331. The Labute approximate surface area is 122 Å². The van der Waals surface area contributed by atoms with Gasteiger partial charge in [-0.25, -0.2) is 4.79 Å². The summed E-state index contributed by atoms with van der Waals surface area (Å²) < 4.78 is 11.5. The third-order valence-corrected chi connectivity index (χ3v) is 4.53. The van der Waals surface area contributed by atoms with Crippen molar-refractivity contribution in [3.8, 4) is 0 Å². The molecule has 2 aliphatic heterocycles. The molecule has 0 aliphatic carbocycles. The van der Waals surface area contributed by atoms with E-state index in [1.807, 2.05) is 4.90 Å². The number of ether oxygens (including phenoxy) is 2. The molecule has 3 atom stereocenters. The zero-order chi connectivity index (χ0) is 14.6. The predicted octanol–water partition coefficient (Wildman–Crippen LogP) is 2.15. The molecule has 2 heterocycles. The van der Waals surface area contributed by atoms with Crippen molar-refractivity contribution >= 4 is 6.03 Å². The smallest absolute Gasteiger partial charge is 0.317 e. The molecule has 5 nitrogen and oxygen atoms in total. The zero-order valence-electron chi connectivity index (χ0n) is 13.0. The SMILES string of the molecule is CCC(NC(=O)N1CCOC(C)(CC)C1)C1CCCO1. The number of carbonyl (C=O) groups excluding carboxylic acids is 1. The van der Waals surface area contributed by atoms with Crippen molar-refractivity contribution in [2.45, 2.75) is 64.2 Å². The molecule has 2 fully saturated rings. The minimum absolute atomic E-state index is 0.0234. The van der Waals surface area contributed by atoms with Crippen LogP contribution in [-0.2, 0) is 9.47 Å². The Morgan fingerprint density at radius 1 is 1.45 bits per heavy atom. The van der Waals surface area contributed by atoms with Crippen molar-refractivity contribution in [2.24, 2.45) is 0 Å². The fourth-order valence-corrected chi connectivity index (χ4v) is 2.95. The lowest BCUT2D eigenvalue weighted by atomic mass is 10.0. The maximum Gasteiger partial charge on any atom is 0.317 e. The van der Waals surface area contributed by atoms with E-state index in [-0.39, 0.29) is 23.8 Å². The van der Waals surface area contributed by atoms with Crippen LogP contribution in [0.5, 0.6) is 0 Å². The third kappa shape index (κ3) is 3.64. The molecular formula is C15H28N2O3. The summed E-state index contributed by atoms with van der Waals surface area (Å²) in [7, 11) is 0. The summed E-state index contributed by atoms with van der Waals surface area (Å²) in [6.07, 6.45) is 4.16. The lowest BCUT2D eigenvalue weighted by Gasteiger charge is -2.40. The van der Waals surface area contributed by atoms with E-state index in [0.29, 0.717) is 19.7 Å². The Hall–Kier alpha value is -0.810. The quantitative estimate of drug-likeness (QED) is 0.860. The summed E-state index contributed by atoms with van der Waals surface area (Å²) in [6.45, 7) is 9.05. The molecule has 116 valence electrons. The molecule has 2 amide bonds. The second-order valence-corrected chi connectivity index (χ2v) is 6.09. The Balaban J connectivity index is 1.89. The second kappa shape index (κ2) is 6.76. The van der Waals surface area contributed by atoms with E-state index in [4.69, 9.17) is 9.47 Å². The second-order valence-electron chi connectivity index (χ2n) is 6.09. The summed E-state index contributed by atoms with van der Waals surface area (Å²) in [5, 5.41) is 3.15. The van der Waals surface area contributed by atoms with Crippen LogP contribution in [0.25, 0.3) is 0 Å². The number of rotatable bonds is 4. The number of urea groups is 1. The van der Waals surface area contributed by atoms with Gasteiger partial charge in [-0.3, -0.25) is 0 Å². The van der Waals surface area contributed by atoms with E-state index in [1.54, 1.807) is 0 Å². The molecule has 0 saturated carbocycles. The van der Waals surface area contributed by atoms with Gasteiger partial charge in [-0.1, -0.05) is 13.8 Å². The molecule has 3 unspecified atom stereocenters. The average Bonchev–Trinajstić information content (AvgIpc) is 2.98. The first-order valence-electron chi connectivity index (χ1n) is 7.89. The highest BCUT2D eigenvalue weighted by Crippen LogP contribution is 2.22. The number of carbonyl (C=O) groups is 1. The van der Waals surface area contributed by atoms with Gasteiger partial charge in [0.1, 0.15) is 0 Å². The lowest BCUT2D eigenvalue weighted by Crippen LogP contribution is -2.57. The van der Waals surface area contributed by atoms with Crippen molar-refractivity contribution < 1.29 is 14.3 Å². The van der Waals surface area contributed by atoms with Crippen molar-refractivity contribution in [1.82, 2.24) is 10.2 Å². The van der Waals surface area contributed by atoms with Crippen LogP contribution in [0.15, 0.2) is 0 Å². The molecular weight excluding hydrogens is 256 g/mol. The predicted molar refractivity (Wildman–Crippen MR) is 77.8 cm³/mol. The molecule has 5 heteroatoms. The van der Waals surface area contributed by atoms with Crippen molar-refractivity contribution in [1.29, 1.82) is 0 Å². The molecule has 0 aromatic heterocycles. The van der Waals surface area contributed by atoms with Crippen LogP contribution in [0.4, 0.5) is 4.79 Å². The molecule has 0 aromatic rings. The van der Waals surface area contributed by atoms with Gasteiger partial charge in [-0.2, -0.15) is 0 Å². The summed E-state index contributed by atoms with van der Waals surface area (Å²) in [6, 6.07) is 0.149. The molecule has 2 saturated heterocycles. The molecule has 1 N–H and O–H groups in total. The standard InChI is InChI=1S/C15H28N2O3/c1-4-12(13-7-6-9-19-13)16-14(18)17-8-10-20-15(3,5-2)11-17/h12-13H,4-11H2,1-3H3,(H,16,18). The lowest BCUT2D eigenvalue weighted by molar-refractivity contribution is -0.0877. The van der Waals surface area contributed by atoms with Crippen LogP contribution in [0.1, 0.15) is 46.5 Å². The van der Waals surface area contributed by atoms with Crippen LogP contribution in [0.2, 0.25) is 0 Å². The fourth-order valence-electron chi connectivity index (χ4n) is 2.95. The molecule has 0 radical (unpaired) electrons. The van der Waals surface area contributed by atoms with Crippen molar-refractivity contribution in [2.75, 3.05) is 26.3 Å². The highest BCUT2D eigenvalue weighted by atomic mass is 16.5. The number of amides is 2. The van der Waals surface area contributed by atoms with E-state index in [0.717, 1.165) is 32.3 Å². The number of morpholine rings is 1. The van der Waals surface area contributed by atoms with Gasteiger partial charge >= 0.3 is 6.03 Å². The van der Waals surface area contributed by atoms with Crippen molar-refractivity contribution in [3.05, 3.63) is 0 Å². The molecule has 2 rings (SSSR count). The topological polar surface area (TPSA) is 50.8 Å². The number of nitrogens with zero attached hydrogens (tertiary/aromatic N) is 1. The highest BCUT2D eigenvalue weighted by Gasteiger charge is 2.34. The maximum atomic E-state index is 12.4. The average molecular weight is 284 g/mol. The monoisotopic (exact) mass is 284 g/mol. The normalized spacial score (nSPS) is 32.1. The first-order chi connectivity index (χ1) is 9.58. The molecule has 20 heavy (non-hydrogen) atoms. The van der Waals surface area contributed by atoms with Gasteiger partial charge in [-0.15, -0.1) is 0 Å². The molecule has 0 bridgehead atoms. The van der Waals surface area contributed by atoms with Gasteiger partial charge < -0.3 is 19.7 Å². The van der Waals surface area contributed by atoms with Gasteiger partial charge in [-0.05, 0) is 32.6 Å². The van der Waals surface area contributed by atoms with Gasteiger partial charge in [0.25, 0.3) is 0 Å². The van der Waals surface area contributed by atoms with Crippen molar-refractivity contribution in [3.63, 3.8) is 0 Å². The van der Waals surface area contributed by atoms with Gasteiger partial charge in [0.05, 0.1) is 30.9 Å². The summed E-state index contributed by atoms with van der Waals surface area (Å²) in [5.41, 5.74) is -0.207. The molecule has 2 aliphatic rings. The van der Waals surface area contributed by atoms with Gasteiger partial charge in [0, 0.05) is 13.2 Å². The zero-order valence-corrected chi connectivity index (χ0v) is 13.0. The first kappa shape index (κ1) is 15.6. The van der Waals surface area contributed by atoms with Crippen LogP contribution in [-0.4, -0.2) is 55.0 Å². The van der Waals surface area contributed by atoms with Gasteiger partial charge in [0.15, 0.2) is 0 Å². The van der Waals surface area contributed by atoms with Crippen LogP contribution in [0, 0.1) is 0 Å². The Kier molecular flexibility index (Phi) is 5.27. The van der Waals surface area contributed by atoms with Crippen LogP contribution in [0.3, 0.4) is 0 Å². The minimum Gasteiger partial charge on any atom is -0.376 e. The van der Waals surface area contributed by atoms with E-state index < -0.39 is 0 Å².